The summed E-state index contributed by atoms with van der Waals surface area (Å²) >= 11 is 0. The van der Waals surface area contributed by atoms with Gasteiger partial charge in [-0.2, -0.15) is 4.31 Å². The van der Waals surface area contributed by atoms with E-state index in [1.54, 1.807) is 16.4 Å². The fourth-order valence-corrected chi connectivity index (χ4v) is 6.56. The van der Waals surface area contributed by atoms with Crippen molar-refractivity contribution in [3.8, 4) is 0 Å². The lowest BCUT2D eigenvalue weighted by Crippen LogP contribution is -2.37. The van der Waals surface area contributed by atoms with Crippen molar-refractivity contribution in [1.82, 2.24) is 4.31 Å². The first kappa shape index (κ1) is 19.7. The van der Waals surface area contributed by atoms with Crippen LogP contribution in [0, 0.1) is 6.92 Å². The number of sulfonamides is 1. The Kier molecular flexibility index (Phi) is 4.34. The summed E-state index contributed by atoms with van der Waals surface area (Å²) in [7, 11) is -3.62. The number of hydrogen-bond acceptors (Lipinski definition) is 4. The van der Waals surface area contributed by atoms with Gasteiger partial charge in [0.2, 0.25) is 10.0 Å². The molecule has 2 saturated heterocycles. The average molecular weight is 445 g/mol. The van der Waals surface area contributed by atoms with Crippen LogP contribution >= 0.6 is 0 Å². The normalized spacial score (nSPS) is 24.6. The zero-order valence-corrected chi connectivity index (χ0v) is 18.6. The lowest BCUT2D eigenvalue weighted by Gasteiger charge is -2.27. The van der Waals surface area contributed by atoms with Crippen LogP contribution in [0.4, 0.5) is 5.69 Å². The zero-order chi connectivity index (χ0) is 21.9. The molecule has 5 nitrogen and oxygen atoms in total. The first-order valence-corrected chi connectivity index (χ1v) is 12.3. The summed E-state index contributed by atoms with van der Waals surface area (Å²) in [6.07, 6.45) is 2.83. The second-order valence-corrected chi connectivity index (χ2v) is 10.8. The fourth-order valence-electron chi connectivity index (χ4n) is 5.09. The Morgan fingerprint density at radius 2 is 1.66 bits per heavy atom. The molecule has 6 rings (SSSR count). The van der Waals surface area contributed by atoms with Crippen LogP contribution in [0.25, 0.3) is 6.08 Å². The lowest BCUT2D eigenvalue weighted by molar-refractivity contribution is 0.0251. The van der Waals surface area contributed by atoms with Crippen LogP contribution in [-0.4, -0.2) is 31.4 Å². The summed E-state index contributed by atoms with van der Waals surface area (Å²) in [5, 5.41) is 2.00. The van der Waals surface area contributed by atoms with Crippen molar-refractivity contribution in [2.24, 2.45) is 0 Å². The molecule has 0 aromatic heterocycles. The third kappa shape index (κ3) is 2.94. The Bertz CT molecular complexity index is 1320. The smallest absolute Gasteiger partial charge is 0.243 e. The SMILES string of the molecule is Cc1ccc(S(=O)(=O)N2CC3=Cc4ccccc4N4OC3(CC4c3ccccc3)C2)cc1. The largest absolute Gasteiger partial charge is 0.260 e. The highest BCUT2D eigenvalue weighted by Crippen LogP contribution is 2.53. The van der Waals surface area contributed by atoms with E-state index >= 15 is 0 Å². The molecule has 0 aliphatic carbocycles. The van der Waals surface area contributed by atoms with E-state index in [2.05, 4.69) is 30.3 Å². The second kappa shape index (κ2) is 7.04. The molecule has 2 fully saturated rings. The number of hydroxylamine groups is 1. The average Bonchev–Trinajstić information content (AvgIpc) is 3.32. The van der Waals surface area contributed by atoms with E-state index in [1.807, 2.05) is 54.5 Å². The number of benzene rings is 3. The van der Waals surface area contributed by atoms with E-state index in [-0.39, 0.29) is 6.04 Å². The van der Waals surface area contributed by atoms with Crippen molar-refractivity contribution >= 4 is 21.8 Å². The van der Waals surface area contributed by atoms with Crippen LogP contribution in [0.15, 0.2) is 89.3 Å². The third-order valence-corrected chi connectivity index (χ3v) is 8.60. The van der Waals surface area contributed by atoms with Crippen LogP contribution < -0.4 is 5.06 Å². The quantitative estimate of drug-likeness (QED) is 0.587. The van der Waals surface area contributed by atoms with Gasteiger partial charge in [-0.1, -0.05) is 66.2 Å². The van der Waals surface area contributed by atoms with Crippen LogP contribution in [-0.2, 0) is 14.9 Å². The highest BCUT2D eigenvalue weighted by Gasteiger charge is 2.56. The topological polar surface area (TPSA) is 49.9 Å². The molecule has 6 heteroatoms. The van der Waals surface area contributed by atoms with Crippen LogP contribution in [0.5, 0.6) is 0 Å². The summed E-state index contributed by atoms with van der Waals surface area (Å²) in [4.78, 5) is 6.99. The van der Waals surface area contributed by atoms with Gasteiger partial charge in [0.15, 0.2) is 0 Å². The van der Waals surface area contributed by atoms with Crippen molar-refractivity contribution in [2.45, 2.75) is 29.9 Å². The molecule has 1 spiro atoms. The first-order chi connectivity index (χ1) is 15.5. The van der Waals surface area contributed by atoms with Crippen LogP contribution in [0.1, 0.15) is 29.2 Å². The number of rotatable bonds is 3. The number of nitrogens with zero attached hydrogens (tertiary/aromatic N) is 2. The molecular weight excluding hydrogens is 420 g/mol. The van der Waals surface area contributed by atoms with Gasteiger partial charge in [-0.25, -0.2) is 13.5 Å². The summed E-state index contributed by atoms with van der Waals surface area (Å²) < 4.78 is 28.5. The van der Waals surface area contributed by atoms with Crippen molar-refractivity contribution in [3.63, 3.8) is 0 Å². The Morgan fingerprint density at radius 3 is 2.44 bits per heavy atom. The standard InChI is InChI=1S/C26H24N2O3S/c1-19-11-13-23(14-12-19)32(29,30)27-17-22-15-21-9-5-6-10-24(21)28-25(16-26(22,18-27)31-28)20-7-3-2-4-8-20/h2-15,25H,16-18H2,1H3. The van der Waals surface area contributed by atoms with E-state index in [4.69, 9.17) is 4.84 Å². The second-order valence-electron chi connectivity index (χ2n) is 8.86. The lowest BCUT2D eigenvalue weighted by atomic mass is 9.86. The van der Waals surface area contributed by atoms with E-state index in [0.717, 1.165) is 22.4 Å². The first-order valence-electron chi connectivity index (χ1n) is 10.9. The van der Waals surface area contributed by atoms with Gasteiger partial charge in [-0.05, 0) is 42.3 Å². The number of para-hydroxylation sites is 1. The van der Waals surface area contributed by atoms with E-state index in [9.17, 15) is 8.42 Å². The zero-order valence-electron chi connectivity index (χ0n) is 17.8. The minimum Gasteiger partial charge on any atom is -0.260 e. The molecule has 2 bridgehead atoms. The van der Waals surface area contributed by atoms with Gasteiger partial charge in [-0.15, -0.1) is 0 Å². The van der Waals surface area contributed by atoms with E-state index in [0.29, 0.717) is 24.4 Å². The number of fused-ring (bicyclic) bond motifs is 3. The number of aryl methyl sites for hydroxylation is 1. The van der Waals surface area contributed by atoms with Crippen LogP contribution in [0.3, 0.4) is 0 Å². The molecule has 3 aromatic carbocycles. The molecule has 0 amide bonds. The molecule has 0 N–H and O–H groups in total. The van der Waals surface area contributed by atoms with Gasteiger partial charge < -0.3 is 0 Å². The summed E-state index contributed by atoms with van der Waals surface area (Å²) in [5.74, 6) is 0. The summed E-state index contributed by atoms with van der Waals surface area (Å²) in [5.41, 5.74) is 4.63. The summed E-state index contributed by atoms with van der Waals surface area (Å²) in [6, 6.07) is 25.6. The molecule has 3 aromatic rings. The highest BCUT2D eigenvalue weighted by molar-refractivity contribution is 7.89. The van der Waals surface area contributed by atoms with Gasteiger partial charge in [0.25, 0.3) is 0 Å². The molecule has 3 heterocycles. The molecule has 3 aliphatic rings. The van der Waals surface area contributed by atoms with Crippen molar-refractivity contribution in [3.05, 3.63) is 101 Å². The van der Waals surface area contributed by atoms with Crippen LogP contribution in [0.2, 0.25) is 0 Å². The number of hydrogen-bond donors (Lipinski definition) is 0. The monoisotopic (exact) mass is 444 g/mol. The molecule has 162 valence electrons. The predicted octanol–water partition coefficient (Wildman–Crippen LogP) is 4.72. The molecule has 32 heavy (non-hydrogen) atoms. The Morgan fingerprint density at radius 1 is 0.938 bits per heavy atom. The Balaban J connectivity index is 1.45. The molecule has 0 saturated carbocycles. The van der Waals surface area contributed by atoms with Gasteiger partial charge in [0, 0.05) is 18.5 Å². The molecule has 0 radical (unpaired) electrons. The number of anilines is 1. The van der Waals surface area contributed by atoms with E-state index in [1.165, 1.54) is 5.56 Å². The van der Waals surface area contributed by atoms with Crippen molar-refractivity contribution in [1.29, 1.82) is 0 Å². The van der Waals surface area contributed by atoms with Crippen molar-refractivity contribution in [2.75, 3.05) is 18.2 Å². The maximum absolute atomic E-state index is 13.5. The van der Waals surface area contributed by atoms with Crippen molar-refractivity contribution < 1.29 is 13.3 Å². The maximum Gasteiger partial charge on any atom is 0.243 e. The Labute approximate surface area is 188 Å². The molecule has 3 aliphatic heterocycles. The van der Waals surface area contributed by atoms with Gasteiger partial charge in [0.1, 0.15) is 5.60 Å². The van der Waals surface area contributed by atoms with Gasteiger partial charge in [0.05, 0.1) is 23.2 Å². The molecule has 2 atom stereocenters. The van der Waals surface area contributed by atoms with Gasteiger partial charge >= 0.3 is 0 Å². The predicted molar refractivity (Wildman–Crippen MR) is 124 cm³/mol. The minimum absolute atomic E-state index is 0.0167. The third-order valence-electron chi connectivity index (χ3n) is 6.79. The highest BCUT2D eigenvalue weighted by atomic mass is 32.2. The van der Waals surface area contributed by atoms with Gasteiger partial charge in [-0.3, -0.25) is 4.84 Å². The Hall–Kier alpha value is -2.93. The maximum atomic E-state index is 13.5. The molecular formula is C26H24N2O3S. The minimum atomic E-state index is -3.62. The van der Waals surface area contributed by atoms with E-state index < -0.39 is 15.6 Å². The molecule has 2 unspecified atom stereocenters. The summed E-state index contributed by atoms with van der Waals surface area (Å²) in [6.45, 7) is 2.60. The fraction of sp³-hybridized carbons (Fsp3) is 0.231.